The van der Waals surface area contributed by atoms with Crippen LogP contribution in [0.25, 0.3) is 22.4 Å². The summed E-state index contributed by atoms with van der Waals surface area (Å²) in [6, 6.07) is 9.69. The van der Waals surface area contributed by atoms with Gasteiger partial charge in [-0.05, 0) is 31.0 Å². The summed E-state index contributed by atoms with van der Waals surface area (Å²) >= 11 is 0. The molecule has 1 aliphatic heterocycles. The molecule has 0 unspecified atom stereocenters. The Morgan fingerprint density at radius 3 is 2.78 bits per heavy atom. The van der Waals surface area contributed by atoms with Crippen molar-refractivity contribution in [3.05, 3.63) is 42.3 Å². The zero-order valence-electron chi connectivity index (χ0n) is 12.7. The molecule has 1 aromatic carbocycles. The van der Waals surface area contributed by atoms with E-state index in [-0.39, 0.29) is 11.9 Å². The minimum Gasteiger partial charge on any atom is -0.356 e. The third-order valence-electron chi connectivity index (χ3n) is 4.35. The number of anilines is 1. The molecule has 0 radical (unpaired) electrons. The Bertz CT molecular complexity index is 803. The first-order valence-electron chi connectivity index (χ1n) is 7.82. The van der Waals surface area contributed by atoms with Crippen molar-refractivity contribution in [1.29, 1.82) is 0 Å². The van der Waals surface area contributed by atoms with Crippen LogP contribution in [-0.2, 0) is 0 Å². The third-order valence-corrected chi connectivity index (χ3v) is 4.35. The Kier molecular flexibility index (Phi) is 3.46. The zero-order valence-corrected chi connectivity index (χ0v) is 12.7. The van der Waals surface area contributed by atoms with Gasteiger partial charge in [-0.15, -0.1) is 0 Å². The standard InChI is InChI=1S/C17H18FN5/c18-13-10-20-16(23-7-5-11(19)6-8-23)9-12(13)17-21-14-3-1-2-4-15(14)22-17/h1-4,9-11H,5-8,19H2,(H,21,22). The van der Waals surface area contributed by atoms with Gasteiger partial charge in [0, 0.05) is 19.1 Å². The molecule has 0 amide bonds. The van der Waals surface area contributed by atoms with Gasteiger partial charge in [0.15, 0.2) is 5.82 Å². The molecular weight excluding hydrogens is 293 g/mol. The number of hydrogen-bond donors (Lipinski definition) is 2. The van der Waals surface area contributed by atoms with Crippen molar-refractivity contribution in [2.45, 2.75) is 18.9 Å². The first kappa shape index (κ1) is 14.1. The van der Waals surface area contributed by atoms with Crippen molar-refractivity contribution in [1.82, 2.24) is 15.0 Å². The fourth-order valence-corrected chi connectivity index (χ4v) is 2.99. The number of pyridine rings is 1. The summed E-state index contributed by atoms with van der Waals surface area (Å²) in [6.45, 7) is 1.69. The monoisotopic (exact) mass is 311 g/mol. The molecule has 23 heavy (non-hydrogen) atoms. The van der Waals surface area contributed by atoms with Crippen molar-refractivity contribution < 1.29 is 4.39 Å². The van der Waals surface area contributed by atoms with Gasteiger partial charge in [0.05, 0.1) is 22.8 Å². The predicted molar refractivity (Wildman–Crippen MR) is 88.7 cm³/mol. The van der Waals surface area contributed by atoms with Crippen molar-refractivity contribution in [2.75, 3.05) is 18.0 Å². The predicted octanol–water partition coefficient (Wildman–Crippen LogP) is 2.69. The van der Waals surface area contributed by atoms with E-state index in [0.29, 0.717) is 11.4 Å². The second kappa shape index (κ2) is 5.62. The molecule has 1 fully saturated rings. The topological polar surface area (TPSA) is 70.8 Å². The number of nitrogens with zero attached hydrogens (tertiary/aromatic N) is 3. The lowest BCUT2D eigenvalue weighted by molar-refractivity contribution is 0.498. The van der Waals surface area contributed by atoms with Crippen molar-refractivity contribution in [3.8, 4) is 11.4 Å². The zero-order chi connectivity index (χ0) is 15.8. The quantitative estimate of drug-likeness (QED) is 0.763. The number of piperidine rings is 1. The maximum absolute atomic E-state index is 14.3. The summed E-state index contributed by atoms with van der Waals surface area (Å²) in [7, 11) is 0. The highest BCUT2D eigenvalue weighted by molar-refractivity contribution is 5.79. The Labute approximate surface area is 133 Å². The minimum atomic E-state index is -0.374. The van der Waals surface area contributed by atoms with Gasteiger partial charge in [0.1, 0.15) is 11.6 Å². The number of fused-ring (bicyclic) bond motifs is 1. The minimum absolute atomic E-state index is 0.251. The summed E-state index contributed by atoms with van der Waals surface area (Å²) in [5.41, 5.74) is 8.10. The van der Waals surface area contributed by atoms with Crippen LogP contribution in [0.2, 0.25) is 0 Å². The highest BCUT2D eigenvalue weighted by Gasteiger charge is 2.19. The molecule has 3 heterocycles. The molecule has 2 aromatic heterocycles. The summed E-state index contributed by atoms with van der Waals surface area (Å²) in [4.78, 5) is 14.0. The molecule has 0 spiro atoms. The number of benzene rings is 1. The lowest BCUT2D eigenvalue weighted by Gasteiger charge is -2.31. The van der Waals surface area contributed by atoms with Crippen LogP contribution in [0.4, 0.5) is 10.2 Å². The molecular formula is C17H18FN5. The second-order valence-electron chi connectivity index (χ2n) is 5.95. The average molecular weight is 311 g/mol. The van der Waals surface area contributed by atoms with Gasteiger partial charge >= 0.3 is 0 Å². The van der Waals surface area contributed by atoms with E-state index in [0.717, 1.165) is 42.8 Å². The smallest absolute Gasteiger partial charge is 0.152 e. The number of para-hydroxylation sites is 2. The van der Waals surface area contributed by atoms with Gasteiger partial charge in [-0.1, -0.05) is 12.1 Å². The van der Waals surface area contributed by atoms with Crippen molar-refractivity contribution >= 4 is 16.9 Å². The lowest BCUT2D eigenvalue weighted by Crippen LogP contribution is -2.40. The van der Waals surface area contributed by atoms with Crippen LogP contribution < -0.4 is 10.6 Å². The first-order valence-corrected chi connectivity index (χ1v) is 7.82. The number of imidazole rings is 1. The highest BCUT2D eigenvalue weighted by atomic mass is 19.1. The number of nitrogens with one attached hydrogen (secondary N) is 1. The Morgan fingerprint density at radius 1 is 1.22 bits per heavy atom. The summed E-state index contributed by atoms with van der Waals surface area (Å²) < 4.78 is 14.3. The van der Waals surface area contributed by atoms with E-state index in [1.54, 1.807) is 6.07 Å². The number of halogens is 1. The molecule has 118 valence electrons. The van der Waals surface area contributed by atoms with Crippen LogP contribution in [0.3, 0.4) is 0 Å². The van der Waals surface area contributed by atoms with Crippen molar-refractivity contribution in [3.63, 3.8) is 0 Å². The van der Waals surface area contributed by atoms with Gasteiger partial charge in [0.2, 0.25) is 0 Å². The van der Waals surface area contributed by atoms with Gasteiger partial charge in [-0.3, -0.25) is 0 Å². The molecule has 3 aromatic rings. The number of aromatic nitrogens is 3. The molecule has 1 aliphatic rings. The Morgan fingerprint density at radius 2 is 2.00 bits per heavy atom. The van der Waals surface area contributed by atoms with E-state index in [1.807, 2.05) is 24.3 Å². The number of rotatable bonds is 2. The SMILES string of the molecule is NC1CCN(c2cc(-c3nc4ccccc4[nH]3)c(F)cn2)CC1. The fourth-order valence-electron chi connectivity index (χ4n) is 2.99. The summed E-state index contributed by atoms with van der Waals surface area (Å²) in [6.07, 6.45) is 3.13. The third kappa shape index (κ3) is 2.66. The summed E-state index contributed by atoms with van der Waals surface area (Å²) in [5.74, 6) is 0.927. The van der Waals surface area contributed by atoms with Crippen LogP contribution in [0.5, 0.6) is 0 Å². The molecule has 5 nitrogen and oxygen atoms in total. The van der Waals surface area contributed by atoms with E-state index in [2.05, 4.69) is 19.9 Å². The molecule has 0 saturated carbocycles. The first-order chi connectivity index (χ1) is 11.2. The summed E-state index contributed by atoms with van der Waals surface area (Å²) in [5, 5.41) is 0. The molecule has 1 saturated heterocycles. The largest absolute Gasteiger partial charge is 0.356 e. The highest BCUT2D eigenvalue weighted by Crippen LogP contribution is 2.27. The van der Waals surface area contributed by atoms with Crippen LogP contribution >= 0.6 is 0 Å². The van der Waals surface area contributed by atoms with E-state index < -0.39 is 0 Å². The molecule has 4 rings (SSSR count). The lowest BCUT2D eigenvalue weighted by atomic mass is 10.1. The van der Waals surface area contributed by atoms with E-state index in [9.17, 15) is 4.39 Å². The molecule has 3 N–H and O–H groups in total. The molecule has 0 atom stereocenters. The number of H-pyrrole nitrogens is 1. The van der Waals surface area contributed by atoms with Gasteiger partial charge in [0.25, 0.3) is 0 Å². The maximum Gasteiger partial charge on any atom is 0.152 e. The van der Waals surface area contributed by atoms with Crippen molar-refractivity contribution in [2.24, 2.45) is 5.73 Å². The Hall–Kier alpha value is -2.47. The number of hydrogen-bond acceptors (Lipinski definition) is 4. The Balaban J connectivity index is 1.71. The number of nitrogens with two attached hydrogens (primary N) is 1. The van der Waals surface area contributed by atoms with E-state index >= 15 is 0 Å². The molecule has 0 bridgehead atoms. The van der Waals surface area contributed by atoms with E-state index in [1.165, 1.54) is 6.20 Å². The maximum atomic E-state index is 14.3. The van der Waals surface area contributed by atoms with Gasteiger partial charge in [-0.25, -0.2) is 14.4 Å². The molecule has 6 heteroatoms. The molecule has 0 aliphatic carbocycles. The van der Waals surface area contributed by atoms with Gasteiger partial charge < -0.3 is 15.6 Å². The van der Waals surface area contributed by atoms with E-state index in [4.69, 9.17) is 5.73 Å². The number of aromatic amines is 1. The average Bonchev–Trinajstić information content (AvgIpc) is 3.00. The van der Waals surface area contributed by atoms with Crippen LogP contribution in [0.1, 0.15) is 12.8 Å². The van der Waals surface area contributed by atoms with Gasteiger partial charge in [-0.2, -0.15) is 0 Å². The normalized spacial score (nSPS) is 16.2. The van der Waals surface area contributed by atoms with Crippen LogP contribution in [0.15, 0.2) is 36.5 Å². The fraction of sp³-hybridized carbons (Fsp3) is 0.294. The second-order valence-corrected chi connectivity index (χ2v) is 5.95. The van der Waals surface area contributed by atoms with Crippen LogP contribution in [0, 0.1) is 5.82 Å². The van der Waals surface area contributed by atoms with Crippen LogP contribution in [-0.4, -0.2) is 34.1 Å².